The maximum Gasteiger partial charge on any atom is 0.240 e. The molecule has 1 saturated heterocycles. The van der Waals surface area contributed by atoms with Gasteiger partial charge in [-0.2, -0.15) is 15.0 Å². The number of thioether (sulfide) groups is 1. The molecule has 1 aliphatic heterocycles. The molecule has 1 aliphatic rings. The molecule has 0 aromatic carbocycles. The van der Waals surface area contributed by atoms with E-state index in [-0.39, 0.29) is 0 Å². The molecule has 0 bridgehead atoms. The summed E-state index contributed by atoms with van der Waals surface area (Å²) in [5.74, 6) is 2.04. The summed E-state index contributed by atoms with van der Waals surface area (Å²) < 4.78 is 7.41. The van der Waals surface area contributed by atoms with Gasteiger partial charge in [0.1, 0.15) is 6.33 Å². The topological polar surface area (TPSA) is 77.8 Å². The summed E-state index contributed by atoms with van der Waals surface area (Å²) >= 11 is 1.61. The summed E-state index contributed by atoms with van der Waals surface area (Å²) in [4.78, 5) is 17.3. The summed E-state index contributed by atoms with van der Waals surface area (Å²) in [5, 5.41) is 3.85. The predicted molar refractivity (Wildman–Crippen MR) is 80.8 cm³/mol. The van der Waals surface area contributed by atoms with Gasteiger partial charge < -0.3 is 10.1 Å². The van der Waals surface area contributed by atoms with E-state index in [2.05, 4.69) is 25.3 Å². The first-order chi connectivity index (χ1) is 10.3. The molecule has 1 atom stereocenters. The Labute approximate surface area is 127 Å². The highest BCUT2D eigenvalue weighted by molar-refractivity contribution is 7.99. The van der Waals surface area contributed by atoms with Gasteiger partial charge in [0, 0.05) is 31.3 Å². The average Bonchev–Trinajstić information content (AvgIpc) is 3.19. The predicted octanol–water partition coefficient (Wildman–Crippen LogP) is 1.76. The van der Waals surface area contributed by atoms with Gasteiger partial charge >= 0.3 is 0 Å². The Balaban J connectivity index is 1.77. The third-order valence-electron chi connectivity index (χ3n) is 3.10. The third kappa shape index (κ3) is 3.70. The van der Waals surface area contributed by atoms with Crippen LogP contribution in [0, 0.1) is 0 Å². The Morgan fingerprint density at radius 2 is 2.38 bits per heavy atom. The molecule has 1 N–H and O–H groups in total. The van der Waals surface area contributed by atoms with E-state index in [0.29, 0.717) is 23.2 Å². The summed E-state index contributed by atoms with van der Waals surface area (Å²) in [6.07, 6.45) is 7.78. The van der Waals surface area contributed by atoms with Crippen LogP contribution < -0.4 is 5.32 Å². The van der Waals surface area contributed by atoms with Crippen LogP contribution in [0.25, 0.3) is 5.95 Å². The fourth-order valence-corrected chi connectivity index (χ4v) is 2.98. The summed E-state index contributed by atoms with van der Waals surface area (Å²) in [5.41, 5.74) is 0. The number of anilines is 1. The van der Waals surface area contributed by atoms with E-state index in [0.717, 1.165) is 31.7 Å². The minimum absolute atomic E-state index is 0.311. The van der Waals surface area contributed by atoms with Crippen LogP contribution in [0.2, 0.25) is 0 Å². The third-order valence-corrected chi connectivity index (χ3v) is 4.07. The van der Waals surface area contributed by atoms with Crippen LogP contribution in [0.5, 0.6) is 0 Å². The SMILES string of the molecule is CCNc1nc(SCC2CCCO2)nc(-n2ccnc2)n1. The molecule has 0 amide bonds. The Bertz CT molecular complexity index is 570. The lowest BCUT2D eigenvalue weighted by Gasteiger charge is -2.10. The van der Waals surface area contributed by atoms with E-state index in [1.165, 1.54) is 0 Å². The first-order valence-corrected chi connectivity index (χ1v) is 8.06. The van der Waals surface area contributed by atoms with Crippen molar-refractivity contribution < 1.29 is 4.74 Å². The molecule has 0 spiro atoms. The second-order valence-corrected chi connectivity index (χ2v) is 5.68. The summed E-state index contributed by atoms with van der Waals surface area (Å²) in [6, 6.07) is 0. The number of ether oxygens (including phenoxy) is 1. The van der Waals surface area contributed by atoms with E-state index in [1.54, 1.807) is 28.9 Å². The first-order valence-electron chi connectivity index (χ1n) is 7.08. The highest BCUT2D eigenvalue weighted by atomic mass is 32.2. The van der Waals surface area contributed by atoms with Crippen LogP contribution >= 0.6 is 11.8 Å². The molecule has 0 aliphatic carbocycles. The molecule has 7 nitrogen and oxygen atoms in total. The average molecular weight is 306 g/mol. The maximum absolute atomic E-state index is 5.63. The Hall–Kier alpha value is -1.67. The zero-order chi connectivity index (χ0) is 14.5. The molecular weight excluding hydrogens is 288 g/mol. The number of hydrogen-bond acceptors (Lipinski definition) is 7. The van der Waals surface area contributed by atoms with Gasteiger partial charge in [-0.05, 0) is 19.8 Å². The molecule has 0 radical (unpaired) electrons. The Morgan fingerprint density at radius 3 is 3.10 bits per heavy atom. The van der Waals surface area contributed by atoms with Crippen molar-refractivity contribution in [1.82, 2.24) is 24.5 Å². The van der Waals surface area contributed by atoms with Crippen LogP contribution in [-0.4, -0.2) is 49.5 Å². The van der Waals surface area contributed by atoms with Gasteiger partial charge in [0.25, 0.3) is 0 Å². The van der Waals surface area contributed by atoms with Gasteiger partial charge in [0.2, 0.25) is 11.9 Å². The fourth-order valence-electron chi connectivity index (χ4n) is 2.08. The number of hydrogen-bond donors (Lipinski definition) is 1. The second kappa shape index (κ2) is 6.86. The molecular formula is C13H18N6OS. The van der Waals surface area contributed by atoms with Crippen molar-refractivity contribution in [3.8, 4) is 5.95 Å². The van der Waals surface area contributed by atoms with Crippen molar-refractivity contribution in [2.24, 2.45) is 0 Å². The number of imidazole rings is 1. The molecule has 2 aromatic heterocycles. The van der Waals surface area contributed by atoms with Gasteiger partial charge in [0.05, 0.1) is 6.10 Å². The molecule has 1 fully saturated rings. The van der Waals surface area contributed by atoms with E-state index in [1.807, 2.05) is 13.1 Å². The van der Waals surface area contributed by atoms with Gasteiger partial charge in [0.15, 0.2) is 5.16 Å². The molecule has 8 heteroatoms. The Morgan fingerprint density at radius 1 is 1.43 bits per heavy atom. The van der Waals surface area contributed by atoms with Crippen molar-refractivity contribution >= 4 is 17.7 Å². The van der Waals surface area contributed by atoms with Gasteiger partial charge in [-0.25, -0.2) is 4.98 Å². The van der Waals surface area contributed by atoms with Crippen molar-refractivity contribution in [3.63, 3.8) is 0 Å². The quantitative estimate of drug-likeness (QED) is 0.815. The lowest BCUT2D eigenvalue weighted by molar-refractivity contribution is 0.129. The summed E-state index contributed by atoms with van der Waals surface area (Å²) in [7, 11) is 0. The minimum atomic E-state index is 0.311. The van der Waals surface area contributed by atoms with Gasteiger partial charge in [-0.3, -0.25) is 4.57 Å². The van der Waals surface area contributed by atoms with E-state index >= 15 is 0 Å². The number of nitrogens with one attached hydrogen (secondary N) is 1. The zero-order valence-corrected chi connectivity index (χ0v) is 12.7. The molecule has 0 saturated carbocycles. The van der Waals surface area contributed by atoms with Crippen molar-refractivity contribution in [2.45, 2.75) is 31.0 Å². The number of aromatic nitrogens is 5. The van der Waals surface area contributed by atoms with Gasteiger partial charge in [-0.15, -0.1) is 0 Å². The molecule has 2 aromatic rings. The monoisotopic (exact) mass is 306 g/mol. The smallest absolute Gasteiger partial charge is 0.240 e. The fraction of sp³-hybridized carbons (Fsp3) is 0.538. The van der Waals surface area contributed by atoms with E-state index < -0.39 is 0 Å². The van der Waals surface area contributed by atoms with Crippen LogP contribution in [0.1, 0.15) is 19.8 Å². The maximum atomic E-state index is 5.63. The van der Waals surface area contributed by atoms with Crippen LogP contribution in [0.15, 0.2) is 23.9 Å². The molecule has 112 valence electrons. The first kappa shape index (κ1) is 14.3. The standard InChI is InChI=1S/C13H18N6OS/c1-2-15-11-16-12(19-6-5-14-9-19)18-13(17-11)21-8-10-4-3-7-20-10/h5-6,9-10H,2-4,7-8H2,1H3,(H,15,16,17,18). The highest BCUT2D eigenvalue weighted by Gasteiger charge is 2.17. The number of rotatable bonds is 6. The van der Waals surface area contributed by atoms with E-state index in [9.17, 15) is 0 Å². The zero-order valence-electron chi connectivity index (χ0n) is 11.9. The van der Waals surface area contributed by atoms with Crippen LogP contribution in [-0.2, 0) is 4.74 Å². The normalized spacial score (nSPS) is 18.0. The lowest BCUT2D eigenvalue weighted by atomic mass is 10.3. The van der Waals surface area contributed by atoms with E-state index in [4.69, 9.17) is 4.74 Å². The van der Waals surface area contributed by atoms with Crippen molar-refractivity contribution in [1.29, 1.82) is 0 Å². The molecule has 1 unspecified atom stereocenters. The van der Waals surface area contributed by atoms with Crippen LogP contribution in [0.3, 0.4) is 0 Å². The van der Waals surface area contributed by atoms with Gasteiger partial charge in [-0.1, -0.05) is 11.8 Å². The second-order valence-electron chi connectivity index (χ2n) is 4.69. The van der Waals surface area contributed by atoms with Crippen LogP contribution in [0.4, 0.5) is 5.95 Å². The van der Waals surface area contributed by atoms with Crippen molar-refractivity contribution in [3.05, 3.63) is 18.7 Å². The summed E-state index contributed by atoms with van der Waals surface area (Å²) in [6.45, 7) is 3.65. The molecule has 3 heterocycles. The number of nitrogens with zero attached hydrogens (tertiary/aromatic N) is 5. The minimum Gasteiger partial charge on any atom is -0.377 e. The molecule has 3 rings (SSSR count). The lowest BCUT2D eigenvalue weighted by Crippen LogP contribution is -2.11. The largest absolute Gasteiger partial charge is 0.377 e. The van der Waals surface area contributed by atoms with Crippen molar-refractivity contribution in [2.75, 3.05) is 24.2 Å². The highest BCUT2D eigenvalue weighted by Crippen LogP contribution is 2.22. The molecule has 21 heavy (non-hydrogen) atoms. The Kier molecular flexibility index (Phi) is 4.66.